The lowest BCUT2D eigenvalue weighted by atomic mass is 9.93. The van der Waals surface area contributed by atoms with Crippen LogP contribution in [-0.4, -0.2) is 60.4 Å². The van der Waals surface area contributed by atoms with E-state index in [-0.39, 0.29) is 6.10 Å². The topological polar surface area (TPSA) is 84.4 Å². The second kappa shape index (κ2) is 9.33. The Morgan fingerprint density at radius 1 is 1.10 bits per heavy atom. The number of morpholine rings is 1. The summed E-state index contributed by atoms with van der Waals surface area (Å²) in [5.74, 6) is 1.38. The molecule has 0 spiro atoms. The molecule has 3 heterocycles. The largest absolute Gasteiger partial charge is 0.488 e. The van der Waals surface area contributed by atoms with Crippen LogP contribution in [0.5, 0.6) is 5.75 Å². The molecule has 31 heavy (non-hydrogen) atoms. The number of benzene rings is 1. The number of para-hydroxylation sites is 1. The van der Waals surface area contributed by atoms with Crippen molar-refractivity contribution in [2.45, 2.75) is 37.8 Å². The van der Waals surface area contributed by atoms with Gasteiger partial charge in [0.15, 0.2) is 5.13 Å². The van der Waals surface area contributed by atoms with Crippen LogP contribution in [0.2, 0.25) is 0 Å². The highest BCUT2D eigenvalue weighted by Gasteiger charge is 2.22. The summed E-state index contributed by atoms with van der Waals surface area (Å²) in [6, 6.07) is 6.64. The van der Waals surface area contributed by atoms with Crippen LogP contribution in [0.25, 0.3) is 10.9 Å². The Morgan fingerprint density at radius 2 is 1.94 bits per heavy atom. The van der Waals surface area contributed by atoms with E-state index in [9.17, 15) is 0 Å². The summed E-state index contributed by atoms with van der Waals surface area (Å²) >= 11 is 1.61. The smallest absolute Gasteiger partial charge is 0.228 e. The first kappa shape index (κ1) is 20.4. The van der Waals surface area contributed by atoms with Gasteiger partial charge < -0.3 is 25.0 Å². The van der Waals surface area contributed by atoms with Crippen molar-refractivity contribution in [3.63, 3.8) is 0 Å². The molecule has 1 aromatic carbocycles. The number of aromatic nitrogens is 3. The van der Waals surface area contributed by atoms with Gasteiger partial charge in [-0.25, -0.2) is 15.0 Å². The molecule has 9 heteroatoms. The molecule has 0 atom stereocenters. The fourth-order valence-electron chi connectivity index (χ4n) is 4.17. The highest BCUT2D eigenvalue weighted by Crippen LogP contribution is 2.31. The Hall–Kier alpha value is -2.49. The summed E-state index contributed by atoms with van der Waals surface area (Å²) in [4.78, 5) is 16.1. The van der Waals surface area contributed by atoms with Gasteiger partial charge in [-0.3, -0.25) is 0 Å². The minimum absolute atomic E-state index is 0.235. The zero-order valence-corrected chi connectivity index (χ0v) is 18.5. The van der Waals surface area contributed by atoms with Gasteiger partial charge in [0.25, 0.3) is 0 Å². The number of nitrogens with zero attached hydrogens (tertiary/aromatic N) is 4. The van der Waals surface area contributed by atoms with Gasteiger partial charge in [0.1, 0.15) is 16.3 Å². The molecule has 8 nitrogen and oxygen atoms in total. The lowest BCUT2D eigenvalue weighted by Crippen LogP contribution is -2.36. The lowest BCUT2D eigenvalue weighted by Gasteiger charge is -2.28. The van der Waals surface area contributed by atoms with Crippen molar-refractivity contribution in [3.8, 4) is 5.75 Å². The van der Waals surface area contributed by atoms with Crippen molar-refractivity contribution in [3.05, 3.63) is 30.6 Å². The number of anilines is 3. The Bertz CT molecular complexity index is 1010. The summed E-state index contributed by atoms with van der Waals surface area (Å²) in [6.07, 6.45) is 8.33. The number of rotatable bonds is 6. The fourth-order valence-corrected chi connectivity index (χ4v) is 5.03. The maximum atomic E-state index is 6.38. The zero-order chi connectivity index (χ0) is 21.0. The number of hydrogen-bond acceptors (Lipinski definition) is 9. The predicted molar refractivity (Wildman–Crippen MR) is 124 cm³/mol. The molecule has 0 amide bonds. The molecule has 2 aliphatic rings. The van der Waals surface area contributed by atoms with Crippen LogP contribution in [0.1, 0.15) is 25.7 Å². The van der Waals surface area contributed by atoms with Crippen molar-refractivity contribution in [1.82, 2.24) is 20.3 Å². The number of nitrogens with one attached hydrogen (secondary N) is 2. The summed E-state index contributed by atoms with van der Waals surface area (Å²) in [7, 11) is 2.04. The molecule has 0 bridgehead atoms. The van der Waals surface area contributed by atoms with Crippen molar-refractivity contribution in [2.75, 3.05) is 43.6 Å². The average molecular weight is 441 g/mol. The van der Waals surface area contributed by atoms with Crippen molar-refractivity contribution >= 4 is 38.3 Å². The Morgan fingerprint density at radius 3 is 2.74 bits per heavy atom. The van der Waals surface area contributed by atoms with E-state index in [1.807, 2.05) is 37.6 Å². The predicted octanol–water partition coefficient (Wildman–Crippen LogP) is 3.58. The fraction of sp³-hybridized carbons (Fsp3) is 0.500. The van der Waals surface area contributed by atoms with Crippen LogP contribution in [-0.2, 0) is 4.74 Å². The van der Waals surface area contributed by atoms with Crippen LogP contribution in [0.4, 0.5) is 16.1 Å². The normalized spacial score (nSPS) is 21.9. The number of hydrogen-bond donors (Lipinski definition) is 2. The van der Waals surface area contributed by atoms with E-state index >= 15 is 0 Å². The molecule has 164 valence electrons. The van der Waals surface area contributed by atoms with Crippen LogP contribution in [0, 0.1) is 0 Å². The zero-order valence-electron chi connectivity index (χ0n) is 17.7. The number of ether oxygens (including phenoxy) is 2. The third-order valence-corrected chi connectivity index (χ3v) is 6.93. The maximum Gasteiger partial charge on any atom is 0.228 e. The van der Waals surface area contributed by atoms with E-state index in [1.54, 1.807) is 11.3 Å². The van der Waals surface area contributed by atoms with Gasteiger partial charge in [0, 0.05) is 30.7 Å². The summed E-state index contributed by atoms with van der Waals surface area (Å²) in [6.45, 7) is 3.23. The molecule has 1 aliphatic heterocycles. The SMILES string of the molecule is CNC1CCC(Oc2cccc3cnc(Nc4cnc(N5CCOCC5)s4)nc23)CC1. The third-order valence-electron chi connectivity index (χ3n) is 5.96. The van der Waals surface area contributed by atoms with Gasteiger partial charge in [0.2, 0.25) is 5.95 Å². The maximum absolute atomic E-state index is 6.38. The number of fused-ring (bicyclic) bond motifs is 1. The Kier molecular flexibility index (Phi) is 6.15. The Labute approximate surface area is 186 Å². The second-order valence-electron chi connectivity index (χ2n) is 8.00. The van der Waals surface area contributed by atoms with E-state index in [2.05, 4.69) is 25.5 Å². The molecule has 5 rings (SSSR count). The molecule has 2 N–H and O–H groups in total. The second-order valence-corrected chi connectivity index (χ2v) is 9.01. The van der Waals surface area contributed by atoms with E-state index in [0.717, 1.165) is 78.8 Å². The molecule has 2 aromatic heterocycles. The van der Waals surface area contributed by atoms with Crippen LogP contribution >= 0.6 is 11.3 Å². The van der Waals surface area contributed by atoms with Crippen LogP contribution < -0.4 is 20.3 Å². The molecular weight excluding hydrogens is 412 g/mol. The van der Waals surface area contributed by atoms with E-state index < -0.39 is 0 Å². The average Bonchev–Trinajstić information content (AvgIpc) is 3.29. The summed E-state index contributed by atoms with van der Waals surface area (Å²) in [5, 5.41) is 9.58. The van der Waals surface area contributed by atoms with Gasteiger partial charge in [0.05, 0.1) is 25.5 Å². The third kappa shape index (κ3) is 4.73. The van der Waals surface area contributed by atoms with Crippen molar-refractivity contribution < 1.29 is 9.47 Å². The van der Waals surface area contributed by atoms with Gasteiger partial charge in [-0.2, -0.15) is 0 Å². The standard InChI is InChI=1S/C22H28N6O2S/c1-23-16-5-7-17(8-6-16)30-18-4-2-3-15-13-24-21(27-20(15)18)26-19-14-25-22(31-19)28-9-11-29-12-10-28/h2-4,13-14,16-17,23H,5-12H2,1H3,(H,24,26,27). The Balaban J connectivity index is 1.31. The first-order valence-electron chi connectivity index (χ1n) is 10.9. The molecule has 2 fully saturated rings. The van der Waals surface area contributed by atoms with Gasteiger partial charge in [-0.15, -0.1) is 0 Å². The minimum atomic E-state index is 0.235. The van der Waals surface area contributed by atoms with Crippen LogP contribution in [0.3, 0.4) is 0 Å². The van der Waals surface area contributed by atoms with Crippen molar-refractivity contribution in [2.24, 2.45) is 0 Å². The summed E-state index contributed by atoms with van der Waals surface area (Å²) in [5.41, 5.74) is 0.841. The molecule has 1 saturated heterocycles. The lowest BCUT2D eigenvalue weighted by molar-refractivity contribution is 0.122. The molecule has 1 aliphatic carbocycles. The molecule has 0 unspecified atom stereocenters. The van der Waals surface area contributed by atoms with E-state index in [0.29, 0.717) is 12.0 Å². The monoisotopic (exact) mass is 440 g/mol. The minimum Gasteiger partial charge on any atom is -0.488 e. The first-order valence-corrected chi connectivity index (χ1v) is 11.8. The molecule has 0 radical (unpaired) electrons. The van der Waals surface area contributed by atoms with Crippen LogP contribution in [0.15, 0.2) is 30.6 Å². The quantitative estimate of drug-likeness (QED) is 0.602. The van der Waals surface area contributed by atoms with Gasteiger partial charge in [-0.1, -0.05) is 23.5 Å². The van der Waals surface area contributed by atoms with Gasteiger partial charge in [-0.05, 0) is 38.8 Å². The number of thiazole rings is 1. The molecular formula is C22H28N6O2S. The highest BCUT2D eigenvalue weighted by molar-refractivity contribution is 7.19. The summed E-state index contributed by atoms with van der Waals surface area (Å²) < 4.78 is 11.8. The molecule has 1 saturated carbocycles. The van der Waals surface area contributed by atoms with Crippen molar-refractivity contribution in [1.29, 1.82) is 0 Å². The van der Waals surface area contributed by atoms with E-state index in [4.69, 9.17) is 14.5 Å². The highest BCUT2D eigenvalue weighted by atomic mass is 32.1. The molecule has 3 aromatic rings. The van der Waals surface area contributed by atoms with E-state index in [1.165, 1.54) is 0 Å². The first-order chi connectivity index (χ1) is 15.3. The van der Waals surface area contributed by atoms with Gasteiger partial charge >= 0.3 is 0 Å².